The van der Waals surface area contributed by atoms with Gasteiger partial charge < -0.3 is 19.9 Å². The maximum absolute atomic E-state index is 12.5. The van der Waals surface area contributed by atoms with Gasteiger partial charge in [-0.3, -0.25) is 9.79 Å². The van der Waals surface area contributed by atoms with Crippen LogP contribution in [0, 0.1) is 11.8 Å². The van der Waals surface area contributed by atoms with Gasteiger partial charge in [0.25, 0.3) is 5.91 Å². The summed E-state index contributed by atoms with van der Waals surface area (Å²) in [6, 6.07) is 0. The zero-order valence-electron chi connectivity index (χ0n) is 17.0. The third-order valence-corrected chi connectivity index (χ3v) is 6.07. The highest BCUT2D eigenvalue weighted by Gasteiger charge is 2.31. The van der Waals surface area contributed by atoms with Crippen LogP contribution in [0.1, 0.15) is 52.4 Å². The molecule has 2 heterocycles. The summed E-state index contributed by atoms with van der Waals surface area (Å²) in [5, 5.41) is 3.45. The van der Waals surface area contributed by atoms with Crippen molar-refractivity contribution in [1.82, 2.24) is 15.1 Å². The lowest BCUT2D eigenvalue weighted by Crippen LogP contribution is -2.55. The molecule has 0 aromatic rings. The minimum absolute atomic E-state index is 0. The summed E-state index contributed by atoms with van der Waals surface area (Å²) < 4.78 is 5.55. The molecule has 0 bridgehead atoms. The molecule has 1 aliphatic carbocycles. The standard InChI is InChI=1S/C20H36N4O2.HI/c1-3-21-20(22-15-17-8-6-16(2)7-9-17)24-12-10-23(11-13-24)19(25)18-5-4-14-26-18;/h16-18H,3-15H2,1-2H3,(H,21,22);1H. The number of hydrogen-bond acceptors (Lipinski definition) is 3. The molecule has 0 aromatic carbocycles. The molecule has 156 valence electrons. The minimum atomic E-state index is -0.197. The summed E-state index contributed by atoms with van der Waals surface area (Å²) in [7, 11) is 0. The molecule has 0 aromatic heterocycles. The van der Waals surface area contributed by atoms with Crippen LogP contribution >= 0.6 is 24.0 Å². The molecule has 0 spiro atoms. The number of nitrogens with one attached hydrogen (secondary N) is 1. The van der Waals surface area contributed by atoms with Crippen LogP contribution in [0.15, 0.2) is 4.99 Å². The number of carbonyl (C=O) groups is 1. The number of rotatable bonds is 4. The maximum atomic E-state index is 12.5. The van der Waals surface area contributed by atoms with Crippen molar-refractivity contribution in [3.63, 3.8) is 0 Å². The van der Waals surface area contributed by atoms with Gasteiger partial charge in [-0.2, -0.15) is 0 Å². The Balaban J connectivity index is 0.00000261. The molecule has 1 atom stereocenters. The molecule has 3 rings (SSSR count). The number of hydrogen-bond donors (Lipinski definition) is 1. The second-order valence-corrected chi connectivity index (χ2v) is 8.13. The Bertz CT molecular complexity index is 480. The third-order valence-electron chi connectivity index (χ3n) is 6.07. The van der Waals surface area contributed by atoms with Crippen molar-refractivity contribution in [3.05, 3.63) is 0 Å². The predicted molar refractivity (Wildman–Crippen MR) is 120 cm³/mol. The van der Waals surface area contributed by atoms with Gasteiger partial charge in [-0.25, -0.2) is 0 Å². The Morgan fingerprint density at radius 3 is 2.33 bits per heavy atom. The molecule has 0 radical (unpaired) electrons. The molecule has 6 nitrogen and oxygen atoms in total. The Labute approximate surface area is 181 Å². The SMILES string of the molecule is CCNC(=NCC1CCC(C)CC1)N1CCN(C(=O)C2CCCO2)CC1.I. The lowest BCUT2D eigenvalue weighted by atomic mass is 9.83. The molecular formula is C20H37IN4O2. The van der Waals surface area contributed by atoms with Crippen LogP contribution in [0.4, 0.5) is 0 Å². The monoisotopic (exact) mass is 492 g/mol. The highest BCUT2D eigenvalue weighted by Crippen LogP contribution is 2.28. The summed E-state index contributed by atoms with van der Waals surface area (Å²) in [6.07, 6.45) is 7.01. The number of nitrogens with zero attached hydrogens (tertiary/aromatic N) is 3. The molecule has 7 heteroatoms. The lowest BCUT2D eigenvalue weighted by molar-refractivity contribution is -0.142. The number of guanidine groups is 1. The molecule has 2 aliphatic heterocycles. The quantitative estimate of drug-likeness (QED) is 0.373. The molecular weight excluding hydrogens is 455 g/mol. The van der Waals surface area contributed by atoms with E-state index in [-0.39, 0.29) is 36.0 Å². The lowest BCUT2D eigenvalue weighted by Gasteiger charge is -2.37. The third kappa shape index (κ3) is 6.48. The Hall–Kier alpha value is -0.570. The fourth-order valence-electron chi connectivity index (χ4n) is 4.27. The second kappa shape index (κ2) is 11.4. The summed E-state index contributed by atoms with van der Waals surface area (Å²) in [5.74, 6) is 2.83. The highest BCUT2D eigenvalue weighted by atomic mass is 127. The first kappa shape index (κ1) is 22.7. The van der Waals surface area contributed by atoms with E-state index in [0.717, 1.165) is 76.5 Å². The van der Waals surface area contributed by atoms with Gasteiger partial charge in [-0.15, -0.1) is 24.0 Å². The van der Waals surface area contributed by atoms with Gasteiger partial charge in [-0.05, 0) is 44.4 Å². The number of ether oxygens (including phenoxy) is 1. The van der Waals surface area contributed by atoms with E-state index in [1.807, 2.05) is 4.90 Å². The largest absolute Gasteiger partial charge is 0.368 e. The van der Waals surface area contributed by atoms with Crippen LogP contribution < -0.4 is 5.32 Å². The highest BCUT2D eigenvalue weighted by molar-refractivity contribution is 14.0. The van der Waals surface area contributed by atoms with Crippen molar-refractivity contribution < 1.29 is 9.53 Å². The van der Waals surface area contributed by atoms with Crippen LogP contribution in [0.5, 0.6) is 0 Å². The molecule has 1 unspecified atom stereocenters. The first-order valence-corrected chi connectivity index (χ1v) is 10.6. The topological polar surface area (TPSA) is 57.2 Å². The first-order valence-electron chi connectivity index (χ1n) is 10.6. The van der Waals surface area contributed by atoms with Gasteiger partial charge in [0.15, 0.2) is 5.96 Å². The number of amides is 1. The fraction of sp³-hybridized carbons (Fsp3) is 0.900. The molecule has 1 saturated carbocycles. The Morgan fingerprint density at radius 2 is 1.74 bits per heavy atom. The number of aliphatic imine (C=N–C) groups is 1. The van der Waals surface area contributed by atoms with Crippen molar-refractivity contribution in [1.29, 1.82) is 0 Å². The van der Waals surface area contributed by atoms with E-state index < -0.39 is 0 Å². The summed E-state index contributed by atoms with van der Waals surface area (Å²) in [5.41, 5.74) is 0. The predicted octanol–water partition coefficient (Wildman–Crippen LogP) is 2.72. The zero-order valence-corrected chi connectivity index (χ0v) is 19.3. The molecule has 1 amide bonds. The van der Waals surface area contributed by atoms with Crippen LogP contribution in [0.2, 0.25) is 0 Å². The summed E-state index contributed by atoms with van der Waals surface area (Å²) in [6.45, 7) is 10.3. The van der Waals surface area contributed by atoms with E-state index in [4.69, 9.17) is 9.73 Å². The van der Waals surface area contributed by atoms with Gasteiger partial charge in [0.1, 0.15) is 6.10 Å². The van der Waals surface area contributed by atoms with Crippen LogP contribution in [0.25, 0.3) is 0 Å². The van der Waals surface area contributed by atoms with Crippen molar-refractivity contribution in [2.45, 2.75) is 58.5 Å². The number of halogens is 1. The van der Waals surface area contributed by atoms with E-state index >= 15 is 0 Å². The van der Waals surface area contributed by atoms with Crippen molar-refractivity contribution >= 4 is 35.8 Å². The molecule has 27 heavy (non-hydrogen) atoms. The molecule has 3 fully saturated rings. The molecule has 3 aliphatic rings. The van der Waals surface area contributed by atoms with E-state index in [1.165, 1.54) is 25.7 Å². The Kier molecular flexibility index (Phi) is 9.62. The van der Waals surface area contributed by atoms with E-state index in [2.05, 4.69) is 24.1 Å². The fourth-order valence-corrected chi connectivity index (χ4v) is 4.27. The average Bonchev–Trinajstić information content (AvgIpc) is 3.21. The minimum Gasteiger partial charge on any atom is -0.368 e. The number of carbonyl (C=O) groups excluding carboxylic acids is 1. The van der Waals surface area contributed by atoms with E-state index in [1.54, 1.807) is 0 Å². The normalized spacial score (nSPS) is 29.4. The summed E-state index contributed by atoms with van der Waals surface area (Å²) >= 11 is 0. The average molecular weight is 492 g/mol. The van der Waals surface area contributed by atoms with Crippen molar-refractivity contribution in [2.24, 2.45) is 16.8 Å². The van der Waals surface area contributed by atoms with Gasteiger partial charge in [0, 0.05) is 45.9 Å². The zero-order chi connectivity index (χ0) is 18.4. The smallest absolute Gasteiger partial charge is 0.251 e. The van der Waals surface area contributed by atoms with Crippen LogP contribution in [0.3, 0.4) is 0 Å². The van der Waals surface area contributed by atoms with Gasteiger partial charge in [-0.1, -0.05) is 19.8 Å². The van der Waals surface area contributed by atoms with E-state index in [0.29, 0.717) is 0 Å². The van der Waals surface area contributed by atoms with Crippen LogP contribution in [-0.2, 0) is 9.53 Å². The Morgan fingerprint density at radius 1 is 1.07 bits per heavy atom. The van der Waals surface area contributed by atoms with E-state index in [9.17, 15) is 4.79 Å². The number of piperazine rings is 1. The van der Waals surface area contributed by atoms with Gasteiger partial charge in [0.05, 0.1) is 0 Å². The van der Waals surface area contributed by atoms with Gasteiger partial charge >= 0.3 is 0 Å². The van der Waals surface area contributed by atoms with Crippen LogP contribution in [-0.4, -0.2) is 73.6 Å². The molecule has 2 saturated heterocycles. The maximum Gasteiger partial charge on any atom is 0.251 e. The first-order chi connectivity index (χ1) is 12.7. The summed E-state index contributed by atoms with van der Waals surface area (Å²) in [4.78, 5) is 21.7. The second-order valence-electron chi connectivity index (χ2n) is 8.13. The van der Waals surface area contributed by atoms with Crippen molar-refractivity contribution in [3.8, 4) is 0 Å². The molecule has 1 N–H and O–H groups in total. The van der Waals surface area contributed by atoms with Crippen molar-refractivity contribution in [2.75, 3.05) is 45.9 Å². The van der Waals surface area contributed by atoms with Gasteiger partial charge in [0.2, 0.25) is 0 Å².